The van der Waals surface area contributed by atoms with Crippen LogP contribution in [-0.2, 0) is 23.8 Å². The molecule has 166 valence electrons. The first-order valence-electron chi connectivity index (χ1n) is 10.4. The first-order valence-corrected chi connectivity index (χ1v) is 11.8. The molecule has 0 aromatic carbocycles. The lowest BCUT2D eigenvalue weighted by atomic mass is 10.0. The van der Waals surface area contributed by atoms with E-state index in [4.69, 9.17) is 14.2 Å². The van der Waals surface area contributed by atoms with Crippen LogP contribution in [0.5, 0.6) is 0 Å². The van der Waals surface area contributed by atoms with Crippen molar-refractivity contribution in [2.24, 2.45) is 5.92 Å². The van der Waals surface area contributed by atoms with E-state index >= 15 is 0 Å². The maximum Gasteiger partial charge on any atom is 0.235 e. The zero-order valence-corrected chi connectivity index (χ0v) is 19.2. The number of amides is 2. The number of thioether (sulfide) groups is 1. The van der Waals surface area contributed by atoms with Crippen molar-refractivity contribution >= 4 is 23.6 Å². The van der Waals surface area contributed by atoms with Crippen molar-refractivity contribution in [1.29, 1.82) is 0 Å². The Kier molecular flexibility index (Phi) is 17.7. The van der Waals surface area contributed by atoms with E-state index in [1.165, 1.54) is 0 Å². The molecule has 0 saturated heterocycles. The highest BCUT2D eigenvalue weighted by Gasteiger charge is 2.31. The van der Waals surface area contributed by atoms with Gasteiger partial charge >= 0.3 is 0 Å². The van der Waals surface area contributed by atoms with Crippen molar-refractivity contribution in [2.75, 3.05) is 77.8 Å². The molecule has 2 amide bonds. The molecular formula is C20H40N2O5S. The van der Waals surface area contributed by atoms with Gasteiger partial charge in [-0.15, -0.1) is 0 Å². The largest absolute Gasteiger partial charge is 0.379 e. The van der Waals surface area contributed by atoms with E-state index in [0.29, 0.717) is 65.6 Å². The van der Waals surface area contributed by atoms with E-state index in [-0.39, 0.29) is 11.8 Å². The van der Waals surface area contributed by atoms with E-state index in [9.17, 15) is 9.59 Å². The Morgan fingerprint density at radius 2 is 1.11 bits per heavy atom. The van der Waals surface area contributed by atoms with Gasteiger partial charge in [-0.3, -0.25) is 9.59 Å². The Hall–Kier alpha value is -0.830. The average molecular weight is 421 g/mol. The molecule has 0 radical (unpaired) electrons. The SMILES string of the molecule is CCN(CC)C(=O)C(CCOCCOCCOCCSC)C(=O)N(CC)CC. The quantitative estimate of drug-likeness (QED) is 0.250. The number of rotatable bonds is 18. The van der Waals surface area contributed by atoms with Gasteiger partial charge in [0.1, 0.15) is 5.92 Å². The van der Waals surface area contributed by atoms with Crippen molar-refractivity contribution in [3.05, 3.63) is 0 Å². The predicted molar refractivity (Wildman–Crippen MR) is 115 cm³/mol. The van der Waals surface area contributed by atoms with Gasteiger partial charge in [0, 0.05) is 38.5 Å². The summed E-state index contributed by atoms with van der Waals surface area (Å²) < 4.78 is 16.4. The molecule has 0 rings (SSSR count). The van der Waals surface area contributed by atoms with Gasteiger partial charge < -0.3 is 24.0 Å². The minimum atomic E-state index is -0.675. The van der Waals surface area contributed by atoms with Gasteiger partial charge in [0.25, 0.3) is 0 Å². The van der Waals surface area contributed by atoms with Crippen molar-refractivity contribution < 1.29 is 23.8 Å². The summed E-state index contributed by atoms with van der Waals surface area (Å²) in [5.74, 6) is 0.0988. The predicted octanol–water partition coefficient (Wildman–Crippen LogP) is 2.14. The number of hydrogen-bond donors (Lipinski definition) is 0. The van der Waals surface area contributed by atoms with E-state index < -0.39 is 5.92 Å². The van der Waals surface area contributed by atoms with E-state index in [0.717, 1.165) is 12.4 Å². The second-order valence-corrected chi connectivity index (χ2v) is 7.18. The third-order valence-corrected chi connectivity index (χ3v) is 5.05. The maximum atomic E-state index is 12.8. The molecule has 0 heterocycles. The molecule has 0 aromatic heterocycles. The van der Waals surface area contributed by atoms with Gasteiger partial charge in [0.15, 0.2) is 0 Å². The Labute approximate surface area is 175 Å². The third kappa shape index (κ3) is 11.2. The highest BCUT2D eigenvalue weighted by atomic mass is 32.2. The molecule has 0 aliphatic rings. The van der Waals surface area contributed by atoms with E-state index in [2.05, 4.69) is 0 Å². The molecule has 0 aliphatic carbocycles. The summed E-state index contributed by atoms with van der Waals surface area (Å²) in [5, 5.41) is 0. The van der Waals surface area contributed by atoms with Crippen molar-refractivity contribution in [3.8, 4) is 0 Å². The summed E-state index contributed by atoms with van der Waals surface area (Å²) in [4.78, 5) is 29.0. The minimum absolute atomic E-state index is 0.107. The Balaban J connectivity index is 4.28. The van der Waals surface area contributed by atoms with Gasteiger partial charge in [-0.25, -0.2) is 0 Å². The van der Waals surface area contributed by atoms with Crippen LogP contribution in [0, 0.1) is 5.92 Å². The summed E-state index contributed by atoms with van der Waals surface area (Å²) in [7, 11) is 0. The number of carbonyl (C=O) groups excluding carboxylic acids is 2. The molecule has 0 aromatic rings. The van der Waals surface area contributed by atoms with Crippen LogP contribution in [0.1, 0.15) is 34.1 Å². The molecule has 0 spiro atoms. The Morgan fingerprint density at radius 3 is 1.50 bits per heavy atom. The van der Waals surface area contributed by atoms with Crippen LogP contribution >= 0.6 is 11.8 Å². The normalized spacial score (nSPS) is 11.1. The van der Waals surface area contributed by atoms with Crippen LogP contribution in [0.15, 0.2) is 0 Å². The second kappa shape index (κ2) is 18.2. The maximum absolute atomic E-state index is 12.8. The number of ether oxygens (including phenoxy) is 3. The van der Waals surface area contributed by atoms with Crippen LogP contribution in [0.2, 0.25) is 0 Å². The average Bonchev–Trinajstić information content (AvgIpc) is 2.70. The molecule has 0 atom stereocenters. The number of nitrogens with zero attached hydrogens (tertiary/aromatic N) is 2. The van der Waals surface area contributed by atoms with Crippen LogP contribution in [0.4, 0.5) is 0 Å². The summed E-state index contributed by atoms with van der Waals surface area (Å²) in [6.07, 6.45) is 2.44. The molecule has 0 N–H and O–H groups in total. The number of hydrogen-bond acceptors (Lipinski definition) is 6. The molecule has 0 unspecified atom stereocenters. The summed E-state index contributed by atoms with van der Waals surface area (Å²) in [6, 6.07) is 0. The first kappa shape index (κ1) is 27.2. The monoisotopic (exact) mass is 420 g/mol. The van der Waals surface area contributed by atoms with E-state index in [1.54, 1.807) is 21.6 Å². The standard InChI is InChI=1S/C20H40N2O5S/c1-6-21(7-2)19(23)18(20(24)22(8-3)9-4)10-11-25-12-13-26-14-15-27-16-17-28-5/h18H,6-17H2,1-5H3. The van der Waals surface area contributed by atoms with E-state index in [1.807, 2.05) is 34.0 Å². The molecule has 28 heavy (non-hydrogen) atoms. The molecule has 0 saturated carbocycles. The number of carbonyl (C=O) groups is 2. The first-order chi connectivity index (χ1) is 13.6. The van der Waals surface area contributed by atoms with Crippen LogP contribution in [0.3, 0.4) is 0 Å². The van der Waals surface area contributed by atoms with Gasteiger partial charge in [0.05, 0.1) is 33.0 Å². The second-order valence-electron chi connectivity index (χ2n) is 6.19. The minimum Gasteiger partial charge on any atom is -0.379 e. The van der Waals surface area contributed by atoms with Gasteiger partial charge in [0.2, 0.25) is 11.8 Å². The lowest BCUT2D eigenvalue weighted by Gasteiger charge is -2.28. The third-order valence-electron chi connectivity index (χ3n) is 4.47. The summed E-state index contributed by atoms with van der Waals surface area (Å²) in [6.45, 7) is 13.3. The van der Waals surface area contributed by atoms with Crippen molar-refractivity contribution in [3.63, 3.8) is 0 Å². The smallest absolute Gasteiger partial charge is 0.235 e. The molecule has 8 heteroatoms. The zero-order chi connectivity index (χ0) is 21.2. The van der Waals surface area contributed by atoms with Crippen molar-refractivity contribution in [2.45, 2.75) is 34.1 Å². The van der Waals surface area contributed by atoms with Crippen LogP contribution in [0.25, 0.3) is 0 Å². The van der Waals surface area contributed by atoms with Crippen molar-refractivity contribution in [1.82, 2.24) is 9.80 Å². The molecular weight excluding hydrogens is 380 g/mol. The van der Waals surface area contributed by atoms with Gasteiger partial charge in [-0.05, 0) is 40.4 Å². The molecule has 0 bridgehead atoms. The fourth-order valence-corrected chi connectivity index (χ4v) is 3.03. The molecule has 0 aliphatic heterocycles. The molecule has 7 nitrogen and oxygen atoms in total. The summed E-state index contributed by atoms with van der Waals surface area (Å²) >= 11 is 1.75. The zero-order valence-electron chi connectivity index (χ0n) is 18.4. The van der Waals surface area contributed by atoms with Gasteiger partial charge in [-0.1, -0.05) is 0 Å². The van der Waals surface area contributed by atoms with Crippen LogP contribution in [-0.4, -0.2) is 99.4 Å². The van der Waals surface area contributed by atoms with Gasteiger partial charge in [-0.2, -0.15) is 11.8 Å². The van der Waals surface area contributed by atoms with Crippen LogP contribution < -0.4 is 0 Å². The molecule has 0 fully saturated rings. The lowest BCUT2D eigenvalue weighted by molar-refractivity contribution is -0.147. The fraction of sp³-hybridized carbons (Fsp3) is 0.900. The Morgan fingerprint density at radius 1 is 0.714 bits per heavy atom. The Bertz CT molecular complexity index is 380. The fourth-order valence-electron chi connectivity index (χ4n) is 2.75. The highest BCUT2D eigenvalue weighted by Crippen LogP contribution is 2.13. The summed E-state index contributed by atoms with van der Waals surface area (Å²) in [5.41, 5.74) is 0. The highest BCUT2D eigenvalue weighted by molar-refractivity contribution is 7.98. The topological polar surface area (TPSA) is 68.3 Å². The lowest BCUT2D eigenvalue weighted by Crippen LogP contribution is -2.45.